The Morgan fingerprint density at radius 1 is 1.33 bits per heavy atom. The van der Waals surface area contributed by atoms with Crippen molar-refractivity contribution < 1.29 is 0 Å². The maximum absolute atomic E-state index is 3.61. The van der Waals surface area contributed by atoms with Crippen molar-refractivity contribution in [2.24, 2.45) is 11.3 Å². The third-order valence-electron chi connectivity index (χ3n) is 4.73. The highest BCUT2D eigenvalue weighted by atomic mass is 32.2. The molecule has 2 heteroatoms. The number of hydrogen-bond acceptors (Lipinski definition) is 2. The van der Waals surface area contributed by atoms with Crippen molar-refractivity contribution in [2.45, 2.75) is 31.4 Å². The summed E-state index contributed by atoms with van der Waals surface area (Å²) < 4.78 is 0. The van der Waals surface area contributed by atoms with Crippen LogP contribution in [0, 0.1) is 11.3 Å². The van der Waals surface area contributed by atoms with E-state index in [2.05, 4.69) is 54.3 Å². The summed E-state index contributed by atoms with van der Waals surface area (Å²) in [5, 5.41) is 4.47. The summed E-state index contributed by atoms with van der Waals surface area (Å²) in [5.41, 5.74) is 2.13. The molecule has 2 heterocycles. The molecule has 2 aliphatic rings. The standard InChI is InChI=1S/C16H23NS/c1-13-10-16(12-18-13)7-8-17-11-15(16)9-14-5-3-2-4-6-14/h2-6,13,15,17H,7-12H2,1H3. The normalized spacial score (nSPS) is 36.1. The van der Waals surface area contributed by atoms with Gasteiger partial charge >= 0.3 is 0 Å². The van der Waals surface area contributed by atoms with Crippen LogP contribution in [0.5, 0.6) is 0 Å². The first-order chi connectivity index (χ1) is 8.78. The lowest BCUT2D eigenvalue weighted by Gasteiger charge is -2.42. The van der Waals surface area contributed by atoms with E-state index in [9.17, 15) is 0 Å². The Labute approximate surface area is 115 Å². The molecule has 18 heavy (non-hydrogen) atoms. The molecule has 0 radical (unpaired) electrons. The van der Waals surface area contributed by atoms with Crippen molar-refractivity contribution in [1.29, 1.82) is 0 Å². The third kappa shape index (κ3) is 2.46. The number of thioether (sulfide) groups is 1. The lowest BCUT2D eigenvalue weighted by Crippen LogP contribution is -2.46. The first-order valence-corrected chi connectivity index (χ1v) is 8.20. The van der Waals surface area contributed by atoms with Crippen LogP contribution in [-0.4, -0.2) is 24.1 Å². The molecule has 2 saturated heterocycles. The predicted molar refractivity (Wildman–Crippen MR) is 80.1 cm³/mol. The van der Waals surface area contributed by atoms with E-state index in [0.717, 1.165) is 11.2 Å². The Morgan fingerprint density at radius 2 is 2.17 bits per heavy atom. The second kappa shape index (κ2) is 5.26. The van der Waals surface area contributed by atoms with Crippen LogP contribution in [0.3, 0.4) is 0 Å². The molecule has 1 aromatic carbocycles. The van der Waals surface area contributed by atoms with Crippen molar-refractivity contribution in [2.75, 3.05) is 18.8 Å². The molecule has 1 nitrogen and oxygen atoms in total. The Kier molecular flexibility index (Phi) is 3.67. The maximum Gasteiger partial charge on any atom is 0.00246 e. The molecule has 3 rings (SSSR count). The molecule has 98 valence electrons. The molecular weight excluding hydrogens is 238 g/mol. The van der Waals surface area contributed by atoms with Gasteiger partial charge in [0.05, 0.1) is 0 Å². The summed E-state index contributed by atoms with van der Waals surface area (Å²) in [6.45, 7) is 4.84. The van der Waals surface area contributed by atoms with E-state index in [4.69, 9.17) is 0 Å². The van der Waals surface area contributed by atoms with Gasteiger partial charge in [0.1, 0.15) is 0 Å². The number of piperidine rings is 1. The van der Waals surface area contributed by atoms with Crippen LogP contribution in [0.2, 0.25) is 0 Å². The Morgan fingerprint density at radius 3 is 2.89 bits per heavy atom. The summed E-state index contributed by atoms with van der Waals surface area (Å²) in [4.78, 5) is 0. The topological polar surface area (TPSA) is 12.0 Å². The summed E-state index contributed by atoms with van der Waals surface area (Å²) in [6, 6.07) is 11.0. The van der Waals surface area contributed by atoms with Crippen molar-refractivity contribution in [3.63, 3.8) is 0 Å². The van der Waals surface area contributed by atoms with Crippen molar-refractivity contribution in [3.8, 4) is 0 Å². The second-order valence-electron chi connectivity index (χ2n) is 6.03. The quantitative estimate of drug-likeness (QED) is 0.876. The van der Waals surface area contributed by atoms with Crippen molar-refractivity contribution >= 4 is 11.8 Å². The first-order valence-electron chi connectivity index (χ1n) is 7.15. The monoisotopic (exact) mass is 261 g/mol. The minimum absolute atomic E-state index is 0.616. The van der Waals surface area contributed by atoms with E-state index >= 15 is 0 Å². The lowest BCUT2D eigenvalue weighted by molar-refractivity contribution is 0.132. The first kappa shape index (κ1) is 12.6. The minimum atomic E-state index is 0.616. The maximum atomic E-state index is 3.61. The van der Waals surface area contributed by atoms with Gasteiger partial charge in [-0.05, 0) is 55.0 Å². The van der Waals surface area contributed by atoms with Gasteiger partial charge in [-0.15, -0.1) is 0 Å². The highest BCUT2D eigenvalue weighted by Crippen LogP contribution is 2.50. The van der Waals surface area contributed by atoms with Gasteiger partial charge in [-0.2, -0.15) is 11.8 Å². The molecule has 0 aromatic heterocycles. The van der Waals surface area contributed by atoms with Crippen LogP contribution in [-0.2, 0) is 6.42 Å². The molecule has 0 bridgehead atoms. The fourth-order valence-corrected chi connectivity index (χ4v) is 5.24. The largest absolute Gasteiger partial charge is 0.316 e. The van der Waals surface area contributed by atoms with Crippen LogP contribution in [0.25, 0.3) is 0 Å². The summed E-state index contributed by atoms with van der Waals surface area (Å²) in [7, 11) is 0. The number of hydrogen-bond donors (Lipinski definition) is 1. The third-order valence-corrected chi connectivity index (χ3v) is 6.21. The zero-order valence-corrected chi connectivity index (χ0v) is 12.0. The van der Waals surface area contributed by atoms with Crippen molar-refractivity contribution in [3.05, 3.63) is 35.9 Å². The molecule has 0 aliphatic carbocycles. The average Bonchev–Trinajstić information content (AvgIpc) is 2.76. The Bertz CT molecular complexity index is 387. The Balaban J connectivity index is 1.76. The summed E-state index contributed by atoms with van der Waals surface area (Å²) in [5.74, 6) is 2.21. The van der Waals surface area contributed by atoms with Crippen LogP contribution in [0.4, 0.5) is 0 Å². The van der Waals surface area contributed by atoms with E-state index < -0.39 is 0 Å². The second-order valence-corrected chi connectivity index (χ2v) is 7.46. The molecular formula is C16H23NS. The number of nitrogens with one attached hydrogen (secondary N) is 1. The van der Waals surface area contributed by atoms with Gasteiger partial charge in [-0.3, -0.25) is 0 Å². The van der Waals surface area contributed by atoms with Gasteiger partial charge in [0.15, 0.2) is 0 Å². The molecule has 2 aliphatic heterocycles. The van der Waals surface area contributed by atoms with E-state index in [1.165, 1.54) is 43.7 Å². The van der Waals surface area contributed by atoms with Gasteiger partial charge in [0.2, 0.25) is 0 Å². The summed E-state index contributed by atoms with van der Waals surface area (Å²) in [6.07, 6.45) is 4.06. The number of benzene rings is 1. The van der Waals surface area contributed by atoms with Crippen LogP contribution in [0.15, 0.2) is 30.3 Å². The van der Waals surface area contributed by atoms with Gasteiger partial charge in [-0.25, -0.2) is 0 Å². The van der Waals surface area contributed by atoms with E-state index in [1.54, 1.807) is 0 Å². The van der Waals surface area contributed by atoms with Gasteiger partial charge in [0, 0.05) is 5.25 Å². The predicted octanol–water partition coefficient (Wildman–Crippen LogP) is 3.35. The minimum Gasteiger partial charge on any atom is -0.316 e. The van der Waals surface area contributed by atoms with Crippen LogP contribution < -0.4 is 5.32 Å². The van der Waals surface area contributed by atoms with E-state index in [0.29, 0.717) is 5.41 Å². The average molecular weight is 261 g/mol. The van der Waals surface area contributed by atoms with E-state index in [-0.39, 0.29) is 0 Å². The van der Waals surface area contributed by atoms with Crippen LogP contribution in [0.1, 0.15) is 25.3 Å². The SMILES string of the molecule is CC1CC2(CCNCC2Cc2ccccc2)CS1. The van der Waals surface area contributed by atoms with Crippen LogP contribution >= 0.6 is 11.8 Å². The van der Waals surface area contributed by atoms with Gasteiger partial charge in [0.25, 0.3) is 0 Å². The van der Waals surface area contributed by atoms with Gasteiger partial charge < -0.3 is 5.32 Å². The molecule has 1 spiro atoms. The summed E-state index contributed by atoms with van der Waals surface area (Å²) >= 11 is 2.19. The zero-order chi connectivity index (χ0) is 12.4. The highest BCUT2D eigenvalue weighted by molar-refractivity contribution is 8.00. The Hall–Kier alpha value is -0.470. The highest BCUT2D eigenvalue weighted by Gasteiger charge is 2.45. The van der Waals surface area contributed by atoms with Gasteiger partial charge in [-0.1, -0.05) is 37.3 Å². The molecule has 2 fully saturated rings. The smallest absolute Gasteiger partial charge is 0.00246 e. The molecule has 0 saturated carbocycles. The fraction of sp³-hybridized carbons (Fsp3) is 0.625. The zero-order valence-electron chi connectivity index (χ0n) is 11.2. The molecule has 0 amide bonds. The molecule has 3 atom stereocenters. The van der Waals surface area contributed by atoms with Crippen molar-refractivity contribution in [1.82, 2.24) is 5.32 Å². The molecule has 1 N–H and O–H groups in total. The molecule has 1 aromatic rings. The lowest BCUT2D eigenvalue weighted by atomic mass is 9.67. The van der Waals surface area contributed by atoms with E-state index in [1.807, 2.05) is 0 Å². The fourth-order valence-electron chi connectivity index (χ4n) is 3.68. The number of rotatable bonds is 2. The molecule has 3 unspecified atom stereocenters.